The van der Waals surface area contributed by atoms with Crippen LogP contribution in [0.1, 0.15) is 25.7 Å². The number of nitrogens with one attached hydrogen (secondary N) is 2. The monoisotopic (exact) mass is 828 g/mol. The van der Waals surface area contributed by atoms with E-state index >= 15 is 0 Å². The van der Waals surface area contributed by atoms with Crippen molar-refractivity contribution in [2.24, 2.45) is 20.5 Å². The van der Waals surface area contributed by atoms with Crippen LogP contribution < -0.4 is 22.1 Å². The number of nitrogens with zero attached hydrogens (tertiary/aromatic N) is 8. The van der Waals surface area contributed by atoms with Crippen LogP contribution in [0.25, 0.3) is 0 Å². The second-order valence-electron chi connectivity index (χ2n) is 10.4. The van der Waals surface area contributed by atoms with Crippen LogP contribution in [0.3, 0.4) is 0 Å². The second-order valence-corrected chi connectivity index (χ2v) is 14.8. The van der Waals surface area contributed by atoms with E-state index in [1.807, 2.05) is 0 Å². The molecule has 2 heterocycles. The standard InChI is InChI=1S/C30H32Cl4N12O4S2/c1-49-27(47)19(37-25-21(23(33)39-29(35)41-25)45-43-17-7-3-15(31)4-8-17)11-13-51-52-14-12-20(28(48)50-2)38-26-22(24(34)40-30(36)42-26)46-44-18-9-5-16(32)6-10-18/h3-5,7-9,19-20H,6,10-14H2,1-2H3,(H3,35,37,39,41)(H3,36,38,40,42). The molecule has 0 saturated heterocycles. The van der Waals surface area contributed by atoms with Gasteiger partial charge >= 0.3 is 11.9 Å². The maximum Gasteiger partial charge on any atom is 0.328 e. The van der Waals surface area contributed by atoms with Gasteiger partial charge in [-0.1, -0.05) is 68.0 Å². The minimum atomic E-state index is -0.852. The van der Waals surface area contributed by atoms with Crippen molar-refractivity contribution in [2.45, 2.75) is 37.8 Å². The third kappa shape index (κ3) is 12.3. The average molecular weight is 831 g/mol. The largest absolute Gasteiger partial charge is 0.467 e. The van der Waals surface area contributed by atoms with Crippen molar-refractivity contribution in [2.75, 3.05) is 47.8 Å². The Labute approximate surface area is 326 Å². The van der Waals surface area contributed by atoms with Gasteiger partial charge in [0.2, 0.25) is 11.9 Å². The highest BCUT2D eigenvalue weighted by Gasteiger charge is 2.25. The summed E-state index contributed by atoms with van der Waals surface area (Å²) in [6.45, 7) is 0. The predicted molar refractivity (Wildman–Crippen MR) is 207 cm³/mol. The quantitative estimate of drug-likeness (QED) is 0.0329. The molecule has 0 bridgehead atoms. The minimum Gasteiger partial charge on any atom is -0.467 e. The third-order valence-electron chi connectivity index (χ3n) is 6.82. The van der Waals surface area contributed by atoms with Gasteiger partial charge in [0.15, 0.2) is 33.3 Å². The molecular formula is C30H32Cl4N12O4S2. The Balaban J connectivity index is 1.37. The lowest BCUT2D eigenvalue weighted by Crippen LogP contribution is -2.32. The van der Waals surface area contributed by atoms with Crippen LogP contribution in [0.15, 0.2) is 67.6 Å². The molecule has 276 valence electrons. The first-order valence-electron chi connectivity index (χ1n) is 15.2. The summed E-state index contributed by atoms with van der Waals surface area (Å²) in [5.41, 5.74) is 13.0. The number of nitrogens with two attached hydrogens (primary N) is 2. The van der Waals surface area contributed by atoms with Gasteiger partial charge in [0.1, 0.15) is 12.1 Å². The number of azo groups is 2. The van der Waals surface area contributed by atoms with Crippen molar-refractivity contribution in [3.63, 3.8) is 0 Å². The van der Waals surface area contributed by atoms with E-state index in [2.05, 4.69) is 51.0 Å². The number of carbonyl (C=O) groups is 2. The molecule has 0 aliphatic heterocycles. The second kappa shape index (κ2) is 20.3. The lowest BCUT2D eigenvalue weighted by Gasteiger charge is -2.19. The summed E-state index contributed by atoms with van der Waals surface area (Å²) in [6.07, 6.45) is 5.34. The Morgan fingerprint density at radius 1 is 0.750 bits per heavy atom. The maximum absolute atomic E-state index is 12.7. The fourth-order valence-electron chi connectivity index (χ4n) is 4.24. The highest BCUT2D eigenvalue weighted by molar-refractivity contribution is 8.76. The minimum absolute atomic E-state index is 0.0466. The predicted octanol–water partition coefficient (Wildman–Crippen LogP) is 8.46. The molecule has 0 fully saturated rings. The number of benzene rings is 1. The Morgan fingerprint density at radius 2 is 1.25 bits per heavy atom. The summed E-state index contributed by atoms with van der Waals surface area (Å²) in [4.78, 5) is 41.8. The number of ether oxygens (including phenoxy) is 2. The van der Waals surface area contributed by atoms with Crippen LogP contribution in [0.5, 0.6) is 0 Å². The molecule has 16 nitrogen and oxygen atoms in total. The number of hydrogen-bond donors (Lipinski definition) is 4. The van der Waals surface area contributed by atoms with E-state index in [1.165, 1.54) is 35.8 Å². The SMILES string of the molecule is COC(=O)C(CCSSCCC(Nc1nc(N)nc(Cl)c1N=Nc1ccc(Cl)cc1)C(=O)OC)Nc1nc(N)nc(Cl)c1N=NC1=CC=C(Cl)CC1. The van der Waals surface area contributed by atoms with Gasteiger partial charge in [0.05, 0.1) is 25.6 Å². The lowest BCUT2D eigenvalue weighted by molar-refractivity contribution is -0.142. The first kappa shape index (κ1) is 40.8. The normalized spacial score (nSPS) is 14.1. The average Bonchev–Trinajstić information content (AvgIpc) is 3.11. The third-order valence-corrected chi connectivity index (χ3v) is 10.4. The molecule has 52 heavy (non-hydrogen) atoms. The van der Waals surface area contributed by atoms with E-state index in [1.54, 1.807) is 36.4 Å². The molecule has 1 aliphatic rings. The van der Waals surface area contributed by atoms with Crippen molar-refractivity contribution in [3.8, 4) is 0 Å². The Bertz CT molecular complexity index is 1870. The number of hydrogen-bond acceptors (Lipinski definition) is 18. The summed E-state index contributed by atoms with van der Waals surface area (Å²) in [7, 11) is 5.49. The van der Waals surface area contributed by atoms with Gasteiger partial charge < -0.3 is 31.6 Å². The molecule has 0 spiro atoms. The van der Waals surface area contributed by atoms with Crippen LogP contribution in [-0.2, 0) is 19.1 Å². The number of allylic oxidation sites excluding steroid dienone is 4. The van der Waals surface area contributed by atoms with Gasteiger partial charge in [-0.15, -0.1) is 10.2 Å². The van der Waals surface area contributed by atoms with Crippen LogP contribution in [0.4, 0.5) is 40.6 Å². The zero-order valence-corrected chi connectivity index (χ0v) is 32.2. The number of halogens is 4. The topological polar surface area (TPSA) is 230 Å². The molecule has 2 unspecified atom stereocenters. The zero-order chi connectivity index (χ0) is 37.6. The van der Waals surface area contributed by atoms with E-state index in [0.717, 1.165) is 0 Å². The molecule has 22 heteroatoms. The number of anilines is 4. The molecule has 2 aromatic heterocycles. The van der Waals surface area contributed by atoms with Gasteiger partial charge in [-0.3, -0.25) is 0 Å². The van der Waals surface area contributed by atoms with Gasteiger partial charge in [0, 0.05) is 21.6 Å². The maximum atomic E-state index is 12.7. The van der Waals surface area contributed by atoms with Crippen LogP contribution in [0, 0.1) is 0 Å². The number of aromatic nitrogens is 4. The Hall–Kier alpha value is -3.94. The van der Waals surface area contributed by atoms with Crippen molar-refractivity contribution in [3.05, 3.63) is 62.5 Å². The Kier molecular flexibility index (Phi) is 16.0. The van der Waals surface area contributed by atoms with Gasteiger partial charge in [-0.25, -0.2) is 9.59 Å². The number of esters is 2. The summed E-state index contributed by atoms with van der Waals surface area (Å²) in [6, 6.07) is 4.95. The highest BCUT2D eigenvalue weighted by atomic mass is 35.5. The molecule has 2 atom stereocenters. The van der Waals surface area contributed by atoms with Crippen molar-refractivity contribution in [1.82, 2.24) is 19.9 Å². The molecule has 0 amide bonds. The molecule has 6 N–H and O–H groups in total. The van der Waals surface area contributed by atoms with Crippen LogP contribution in [0.2, 0.25) is 15.3 Å². The molecule has 4 rings (SSSR count). The van der Waals surface area contributed by atoms with Crippen molar-refractivity contribution in [1.29, 1.82) is 0 Å². The molecule has 3 aromatic rings. The molecule has 1 aliphatic carbocycles. The van der Waals surface area contributed by atoms with E-state index in [9.17, 15) is 9.59 Å². The van der Waals surface area contributed by atoms with Crippen molar-refractivity contribution < 1.29 is 19.1 Å². The number of nitrogen functional groups attached to an aromatic ring is 2. The van der Waals surface area contributed by atoms with Gasteiger partial charge in [-0.05, 0) is 62.1 Å². The summed E-state index contributed by atoms with van der Waals surface area (Å²) < 4.78 is 10.0. The van der Waals surface area contributed by atoms with Gasteiger partial charge in [0.25, 0.3) is 0 Å². The van der Waals surface area contributed by atoms with Crippen LogP contribution >= 0.6 is 68.0 Å². The van der Waals surface area contributed by atoms with E-state index in [-0.39, 0.29) is 45.2 Å². The van der Waals surface area contributed by atoms with Crippen LogP contribution in [-0.4, -0.2) is 69.7 Å². The smallest absolute Gasteiger partial charge is 0.328 e. The molecule has 0 saturated carbocycles. The van der Waals surface area contributed by atoms with E-state index < -0.39 is 24.0 Å². The first-order valence-corrected chi connectivity index (χ1v) is 19.2. The fraction of sp³-hybridized carbons (Fsp3) is 0.333. The number of carbonyl (C=O) groups excluding carboxylic acids is 2. The van der Waals surface area contributed by atoms with Gasteiger partial charge in [-0.2, -0.15) is 30.2 Å². The summed E-state index contributed by atoms with van der Waals surface area (Å²) in [5.74, 6) is -0.159. The van der Waals surface area contributed by atoms with E-state index in [0.29, 0.717) is 58.6 Å². The highest BCUT2D eigenvalue weighted by Crippen LogP contribution is 2.36. The zero-order valence-electron chi connectivity index (χ0n) is 27.6. The molecular weight excluding hydrogens is 798 g/mol. The fourth-order valence-corrected chi connectivity index (χ4v) is 7.14. The number of methoxy groups -OCH3 is 2. The summed E-state index contributed by atoms with van der Waals surface area (Å²) >= 11 is 24.6. The van der Waals surface area contributed by atoms with Crippen molar-refractivity contribution >= 4 is 121 Å². The summed E-state index contributed by atoms with van der Waals surface area (Å²) in [5, 5.41) is 24.0. The lowest BCUT2D eigenvalue weighted by atomic mass is 10.1. The van der Waals surface area contributed by atoms with E-state index in [4.69, 9.17) is 67.3 Å². The molecule has 0 radical (unpaired) electrons. The number of rotatable bonds is 17. The molecule has 1 aromatic carbocycles. The first-order chi connectivity index (χ1) is 25.0. The Morgan fingerprint density at radius 3 is 1.71 bits per heavy atom.